The van der Waals surface area contributed by atoms with Gasteiger partial charge in [0.25, 0.3) is 11.8 Å². The SMILES string of the molecule is Cc1cccc(N2C(=O)C(=Cc3cc(C)n(C4CCCC4)c3C)C(=O)NC2=S)c1C. The van der Waals surface area contributed by atoms with E-state index in [-0.39, 0.29) is 16.6 Å². The van der Waals surface area contributed by atoms with Gasteiger partial charge in [-0.05, 0) is 87.7 Å². The average molecular weight is 422 g/mol. The molecule has 2 heterocycles. The number of hydrogen-bond donors (Lipinski definition) is 1. The topological polar surface area (TPSA) is 54.3 Å². The highest BCUT2D eigenvalue weighted by Crippen LogP contribution is 2.34. The smallest absolute Gasteiger partial charge is 0.270 e. The first kappa shape index (κ1) is 20.5. The van der Waals surface area contributed by atoms with Crippen LogP contribution in [-0.2, 0) is 9.59 Å². The Morgan fingerprint density at radius 2 is 1.80 bits per heavy atom. The lowest BCUT2D eigenvalue weighted by molar-refractivity contribution is -0.122. The van der Waals surface area contributed by atoms with Crippen molar-refractivity contribution < 1.29 is 9.59 Å². The molecule has 0 bridgehead atoms. The first-order valence-corrected chi connectivity index (χ1v) is 10.9. The number of rotatable bonds is 3. The summed E-state index contributed by atoms with van der Waals surface area (Å²) in [6.45, 7) is 8.10. The minimum atomic E-state index is -0.447. The summed E-state index contributed by atoms with van der Waals surface area (Å²) in [6.07, 6.45) is 6.58. The van der Waals surface area contributed by atoms with Crippen molar-refractivity contribution in [2.24, 2.45) is 0 Å². The molecule has 2 aliphatic rings. The predicted molar refractivity (Wildman–Crippen MR) is 124 cm³/mol. The first-order valence-electron chi connectivity index (χ1n) is 10.5. The number of nitrogens with one attached hydrogen (secondary N) is 1. The van der Waals surface area contributed by atoms with Crippen LogP contribution in [0.25, 0.3) is 6.08 Å². The molecule has 5 nitrogen and oxygen atoms in total. The van der Waals surface area contributed by atoms with Crippen molar-refractivity contribution in [1.82, 2.24) is 9.88 Å². The van der Waals surface area contributed by atoms with Crippen molar-refractivity contribution in [2.75, 3.05) is 4.90 Å². The molecule has 0 unspecified atom stereocenters. The Kier molecular flexibility index (Phi) is 5.36. The van der Waals surface area contributed by atoms with Gasteiger partial charge >= 0.3 is 0 Å². The van der Waals surface area contributed by atoms with Crippen LogP contribution in [0, 0.1) is 27.7 Å². The minimum absolute atomic E-state index is 0.108. The molecule has 1 aromatic carbocycles. The minimum Gasteiger partial charge on any atom is -0.346 e. The van der Waals surface area contributed by atoms with E-state index in [1.54, 1.807) is 6.08 Å². The van der Waals surface area contributed by atoms with Crippen LogP contribution in [0.2, 0.25) is 0 Å². The highest BCUT2D eigenvalue weighted by atomic mass is 32.1. The molecule has 0 spiro atoms. The summed E-state index contributed by atoms with van der Waals surface area (Å²) in [5, 5.41) is 2.81. The van der Waals surface area contributed by atoms with Gasteiger partial charge in [0.1, 0.15) is 5.57 Å². The van der Waals surface area contributed by atoms with Gasteiger partial charge in [0.15, 0.2) is 5.11 Å². The Morgan fingerprint density at radius 1 is 1.10 bits per heavy atom. The number of anilines is 1. The van der Waals surface area contributed by atoms with Gasteiger partial charge in [-0.15, -0.1) is 0 Å². The maximum atomic E-state index is 13.4. The molecule has 4 rings (SSSR count). The number of nitrogens with zero attached hydrogens (tertiary/aromatic N) is 2. The third-order valence-electron chi connectivity index (χ3n) is 6.43. The molecular formula is C24H27N3O2S. The van der Waals surface area contributed by atoms with Crippen molar-refractivity contribution in [3.8, 4) is 0 Å². The number of hydrogen-bond acceptors (Lipinski definition) is 3. The fourth-order valence-electron chi connectivity index (χ4n) is 4.68. The second-order valence-electron chi connectivity index (χ2n) is 8.31. The van der Waals surface area contributed by atoms with Crippen LogP contribution in [0.3, 0.4) is 0 Å². The van der Waals surface area contributed by atoms with E-state index in [9.17, 15) is 9.59 Å². The molecule has 2 aromatic rings. The Bertz CT molecular complexity index is 1090. The number of aryl methyl sites for hydroxylation is 2. The van der Waals surface area contributed by atoms with E-state index in [2.05, 4.69) is 29.8 Å². The number of carbonyl (C=O) groups is 2. The zero-order valence-electron chi connectivity index (χ0n) is 17.9. The fourth-order valence-corrected chi connectivity index (χ4v) is 4.96. The zero-order valence-corrected chi connectivity index (χ0v) is 18.7. The third kappa shape index (κ3) is 3.39. The van der Waals surface area contributed by atoms with Crippen molar-refractivity contribution in [2.45, 2.75) is 59.4 Å². The molecule has 30 heavy (non-hydrogen) atoms. The highest BCUT2D eigenvalue weighted by Gasteiger charge is 2.35. The lowest BCUT2D eigenvalue weighted by Crippen LogP contribution is -2.54. The maximum absolute atomic E-state index is 13.4. The molecule has 156 valence electrons. The van der Waals surface area contributed by atoms with Crippen LogP contribution in [0.15, 0.2) is 29.8 Å². The summed E-state index contributed by atoms with van der Waals surface area (Å²) in [4.78, 5) is 27.5. The van der Waals surface area contributed by atoms with Gasteiger partial charge in [-0.3, -0.25) is 19.8 Å². The standard InChI is InChI=1S/C24H27N3O2S/c1-14-8-7-11-21(16(14)3)27-23(29)20(22(28)25-24(27)30)13-18-12-15(2)26(17(18)4)19-9-5-6-10-19/h7-8,11-13,19H,5-6,9-10H2,1-4H3,(H,25,28,30). The van der Waals surface area contributed by atoms with E-state index in [1.807, 2.05) is 32.0 Å². The van der Waals surface area contributed by atoms with Gasteiger partial charge in [-0.25, -0.2) is 0 Å². The summed E-state index contributed by atoms with van der Waals surface area (Å²) >= 11 is 5.35. The average Bonchev–Trinajstić information content (AvgIpc) is 3.30. The molecule has 2 amide bonds. The van der Waals surface area contributed by atoms with Crippen LogP contribution < -0.4 is 10.2 Å². The molecular weight excluding hydrogens is 394 g/mol. The van der Waals surface area contributed by atoms with E-state index in [0.717, 1.165) is 28.1 Å². The molecule has 1 aliphatic carbocycles. The van der Waals surface area contributed by atoms with Crippen LogP contribution in [0.1, 0.15) is 59.8 Å². The summed E-state index contributed by atoms with van der Waals surface area (Å²) < 4.78 is 2.36. The first-order chi connectivity index (χ1) is 14.3. The Labute approximate surface area is 182 Å². The number of benzene rings is 1. The van der Waals surface area contributed by atoms with Gasteiger partial charge in [-0.2, -0.15) is 0 Å². The lowest BCUT2D eigenvalue weighted by atomic mass is 10.0. The Morgan fingerprint density at radius 3 is 2.50 bits per heavy atom. The highest BCUT2D eigenvalue weighted by molar-refractivity contribution is 7.80. The van der Waals surface area contributed by atoms with Crippen molar-refractivity contribution in [1.29, 1.82) is 0 Å². The molecule has 0 radical (unpaired) electrons. The predicted octanol–water partition coefficient (Wildman–Crippen LogP) is 4.67. The molecule has 1 aliphatic heterocycles. The number of aromatic nitrogens is 1. The lowest BCUT2D eigenvalue weighted by Gasteiger charge is -2.30. The third-order valence-corrected chi connectivity index (χ3v) is 6.72. The van der Waals surface area contributed by atoms with Crippen molar-refractivity contribution >= 4 is 40.9 Å². The Balaban J connectivity index is 1.75. The number of amides is 2. The quantitative estimate of drug-likeness (QED) is 0.445. The normalized spacial score (nSPS) is 19.1. The molecule has 1 N–H and O–H groups in total. The van der Waals surface area contributed by atoms with Gasteiger partial charge in [0.2, 0.25) is 0 Å². The van der Waals surface area contributed by atoms with Crippen LogP contribution in [0.4, 0.5) is 5.69 Å². The van der Waals surface area contributed by atoms with Gasteiger partial charge < -0.3 is 4.57 Å². The summed E-state index contributed by atoms with van der Waals surface area (Å²) in [7, 11) is 0. The maximum Gasteiger partial charge on any atom is 0.270 e. The van der Waals surface area contributed by atoms with Crippen LogP contribution in [-0.4, -0.2) is 21.5 Å². The largest absolute Gasteiger partial charge is 0.346 e. The van der Waals surface area contributed by atoms with E-state index < -0.39 is 5.91 Å². The van der Waals surface area contributed by atoms with Crippen LogP contribution in [0.5, 0.6) is 0 Å². The molecule has 2 fully saturated rings. The molecule has 1 saturated heterocycles. The van der Waals surface area contributed by atoms with E-state index in [0.29, 0.717) is 11.7 Å². The zero-order chi connectivity index (χ0) is 21.6. The van der Waals surface area contributed by atoms with Gasteiger partial charge in [-0.1, -0.05) is 25.0 Å². The van der Waals surface area contributed by atoms with Gasteiger partial charge in [0, 0.05) is 17.4 Å². The molecule has 6 heteroatoms. The van der Waals surface area contributed by atoms with Crippen LogP contribution >= 0.6 is 12.2 Å². The molecule has 0 atom stereocenters. The van der Waals surface area contributed by atoms with E-state index >= 15 is 0 Å². The Hall–Kier alpha value is -2.73. The summed E-state index contributed by atoms with van der Waals surface area (Å²) in [6, 6.07) is 8.31. The van der Waals surface area contributed by atoms with E-state index in [4.69, 9.17) is 12.2 Å². The van der Waals surface area contributed by atoms with Gasteiger partial charge in [0.05, 0.1) is 5.69 Å². The second-order valence-corrected chi connectivity index (χ2v) is 8.70. The fraction of sp³-hybridized carbons (Fsp3) is 0.375. The van der Waals surface area contributed by atoms with E-state index in [1.165, 1.54) is 30.6 Å². The number of carbonyl (C=O) groups excluding carboxylic acids is 2. The molecule has 1 saturated carbocycles. The number of thiocarbonyl (C=S) groups is 1. The van der Waals surface area contributed by atoms with Crippen molar-refractivity contribution in [3.05, 3.63) is 57.9 Å². The molecule has 1 aromatic heterocycles. The van der Waals surface area contributed by atoms with Crippen molar-refractivity contribution in [3.63, 3.8) is 0 Å². The summed E-state index contributed by atoms with van der Waals surface area (Å²) in [5.74, 6) is -0.833. The summed E-state index contributed by atoms with van der Waals surface area (Å²) in [5.41, 5.74) is 6.00. The monoisotopic (exact) mass is 421 g/mol. The second kappa shape index (κ2) is 7.84.